The number of hydrogen-bond acceptors (Lipinski definition) is 5. The summed E-state index contributed by atoms with van der Waals surface area (Å²) in [7, 11) is 1.30. The van der Waals surface area contributed by atoms with Crippen molar-refractivity contribution in [2.45, 2.75) is 26.7 Å². The highest BCUT2D eigenvalue weighted by Gasteiger charge is 2.13. The van der Waals surface area contributed by atoms with Gasteiger partial charge < -0.3 is 4.74 Å². The molecule has 0 aliphatic rings. The van der Waals surface area contributed by atoms with Gasteiger partial charge >= 0.3 is 5.97 Å². The summed E-state index contributed by atoms with van der Waals surface area (Å²) >= 11 is 0. The Bertz CT molecular complexity index is 592. The third-order valence-electron chi connectivity index (χ3n) is 2.78. The Morgan fingerprint density at radius 3 is 2.79 bits per heavy atom. The molecule has 0 aromatic carbocycles. The first kappa shape index (κ1) is 13.2. The van der Waals surface area contributed by atoms with Crippen LogP contribution in [0.3, 0.4) is 0 Å². The molecular weight excluding hydrogens is 244 g/mol. The molecule has 0 radical (unpaired) electrons. The summed E-state index contributed by atoms with van der Waals surface area (Å²) in [5.74, 6) is 0.0605. The molecule has 2 aromatic heterocycles. The third-order valence-corrected chi connectivity index (χ3v) is 2.78. The van der Waals surface area contributed by atoms with E-state index < -0.39 is 5.97 Å². The van der Waals surface area contributed by atoms with Gasteiger partial charge in [0.1, 0.15) is 0 Å². The number of nitrogens with zero attached hydrogens (tertiary/aromatic N) is 4. The van der Waals surface area contributed by atoms with Crippen molar-refractivity contribution in [2.24, 2.45) is 0 Å². The van der Waals surface area contributed by atoms with E-state index in [1.54, 1.807) is 10.7 Å². The van der Waals surface area contributed by atoms with Crippen LogP contribution in [-0.2, 0) is 17.6 Å². The normalized spacial score (nSPS) is 10.5. The summed E-state index contributed by atoms with van der Waals surface area (Å²) in [6.45, 7) is 4.10. The second-order valence-corrected chi connectivity index (χ2v) is 3.98. The Morgan fingerprint density at radius 1 is 1.37 bits per heavy atom. The van der Waals surface area contributed by atoms with Crippen molar-refractivity contribution in [3.05, 3.63) is 35.5 Å². The van der Waals surface area contributed by atoms with E-state index in [1.165, 1.54) is 13.3 Å². The van der Waals surface area contributed by atoms with E-state index in [0.717, 1.165) is 24.2 Å². The van der Waals surface area contributed by atoms with Crippen LogP contribution in [0.5, 0.6) is 0 Å². The summed E-state index contributed by atoms with van der Waals surface area (Å²) in [6.07, 6.45) is 3.22. The van der Waals surface area contributed by atoms with Crippen LogP contribution in [0.25, 0.3) is 5.82 Å². The predicted octanol–water partition coefficient (Wildman–Crippen LogP) is 1.57. The number of aryl methyl sites for hydroxylation is 2. The van der Waals surface area contributed by atoms with Gasteiger partial charge in [-0.1, -0.05) is 13.8 Å². The van der Waals surface area contributed by atoms with Crippen LogP contribution >= 0.6 is 0 Å². The molecule has 6 heteroatoms. The minimum Gasteiger partial charge on any atom is -0.463 e. The molecule has 0 fully saturated rings. The van der Waals surface area contributed by atoms with Gasteiger partial charge in [-0.15, -0.1) is 0 Å². The standard InChI is InChI=1S/C13H16N4O2/c1-4-9-8-10(5-2)17(16-9)11-6-7-14-12(15-11)13(18)19-3/h6-8H,4-5H2,1-3H3. The van der Waals surface area contributed by atoms with E-state index >= 15 is 0 Å². The summed E-state index contributed by atoms with van der Waals surface area (Å²) in [4.78, 5) is 19.5. The van der Waals surface area contributed by atoms with Gasteiger partial charge in [-0.3, -0.25) is 0 Å². The highest BCUT2D eigenvalue weighted by molar-refractivity contribution is 5.85. The smallest absolute Gasteiger partial charge is 0.376 e. The average molecular weight is 260 g/mol. The van der Waals surface area contributed by atoms with Gasteiger partial charge in [-0.05, 0) is 18.9 Å². The maximum absolute atomic E-state index is 11.4. The molecule has 0 aliphatic carbocycles. The fourth-order valence-electron chi connectivity index (χ4n) is 1.75. The summed E-state index contributed by atoms with van der Waals surface area (Å²) < 4.78 is 6.36. The van der Waals surface area contributed by atoms with Gasteiger partial charge in [-0.2, -0.15) is 5.10 Å². The zero-order valence-corrected chi connectivity index (χ0v) is 11.3. The molecule has 100 valence electrons. The Hall–Kier alpha value is -2.24. The zero-order valence-electron chi connectivity index (χ0n) is 11.3. The van der Waals surface area contributed by atoms with Crippen molar-refractivity contribution in [3.63, 3.8) is 0 Å². The maximum atomic E-state index is 11.4. The molecule has 0 atom stereocenters. The molecule has 0 aliphatic heterocycles. The molecule has 2 heterocycles. The minimum absolute atomic E-state index is 0.0376. The van der Waals surface area contributed by atoms with E-state index in [1.807, 2.05) is 13.0 Å². The van der Waals surface area contributed by atoms with Crippen LogP contribution in [-0.4, -0.2) is 32.8 Å². The minimum atomic E-state index is -0.553. The van der Waals surface area contributed by atoms with Crippen LogP contribution in [0, 0.1) is 0 Å². The molecule has 0 N–H and O–H groups in total. The summed E-state index contributed by atoms with van der Waals surface area (Å²) in [5.41, 5.74) is 2.04. The zero-order chi connectivity index (χ0) is 13.8. The number of esters is 1. The van der Waals surface area contributed by atoms with E-state index in [-0.39, 0.29) is 5.82 Å². The van der Waals surface area contributed by atoms with E-state index in [4.69, 9.17) is 0 Å². The van der Waals surface area contributed by atoms with E-state index in [2.05, 4.69) is 26.7 Å². The Balaban J connectivity index is 2.46. The first-order chi connectivity index (χ1) is 9.19. The number of carbonyl (C=O) groups is 1. The molecule has 2 rings (SSSR count). The molecule has 0 saturated heterocycles. The van der Waals surface area contributed by atoms with Gasteiger partial charge in [-0.25, -0.2) is 19.4 Å². The number of methoxy groups -OCH3 is 1. The number of rotatable bonds is 4. The molecule has 19 heavy (non-hydrogen) atoms. The molecule has 2 aromatic rings. The predicted molar refractivity (Wildman–Crippen MR) is 69.2 cm³/mol. The first-order valence-electron chi connectivity index (χ1n) is 6.19. The second-order valence-electron chi connectivity index (χ2n) is 3.98. The lowest BCUT2D eigenvalue weighted by Gasteiger charge is -2.05. The van der Waals surface area contributed by atoms with Crippen molar-refractivity contribution in [1.82, 2.24) is 19.7 Å². The van der Waals surface area contributed by atoms with Crippen LogP contribution < -0.4 is 0 Å². The van der Waals surface area contributed by atoms with Gasteiger partial charge in [0.05, 0.1) is 12.8 Å². The van der Waals surface area contributed by atoms with Gasteiger partial charge in [0, 0.05) is 18.0 Å². The second kappa shape index (κ2) is 5.60. The first-order valence-corrected chi connectivity index (χ1v) is 6.19. The Labute approximate surface area is 111 Å². The molecule has 0 unspecified atom stereocenters. The molecule has 0 saturated carbocycles. The molecular formula is C13H16N4O2. The Kier molecular flexibility index (Phi) is 3.89. The largest absolute Gasteiger partial charge is 0.463 e. The van der Waals surface area contributed by atoms with Gasteiger partial charge in [0.25, 0.3) is 0 Å². The number of hydrogen-bond donors (Lipinski definition) is 0. The van der Waals surface area contributed by atoms with Gasteiger partial charge in [0.15, 0.2) is 5.82 Å². The lowest BCUT2D eigenvalue weighted by molar-refractivity contribution is 0.0586. The number of ether oxygens (including phenoxy) is 1. The van der Waals surface area contributed by atoms with Crippen LogP contribution in [0.1, 0.15) is 35.9 Å². The maximum Gasteiger partial charge on any atom is 0.376 e. The number of carbonyl (C=O) groups excluding carboxylic acids is 1. The van der Waals surface area contributed by atoms with Crippen molar-refractivity contribution < 1.29 is 9.53 Å². The quantitative estimate of drug-likeness (QED) is 0.780. The summed E-state index contributed by atoms with van der Waals surface area (Å²) in [6, 6.07) is 3.76. The molecule has 6 nitrogen and oxygen atoms in total. The molecule has 0 spiro atoms. The van der Waals surface area contributed by atoms with E-state index in [0.29, 0.717) is 5.82 Å². The van der Waals surface area contributed by atoms with Crippen molar-refractivity contribution in [1.29, 1.82) is 0 Å². The topological polar surface area (TPSA) is 69.9 Å². The average Bonchev–Trinajstić information content (AvgIpc) is 2.90. The number of aromatic nitrogens is 4. The third kappa shape index (κ3) is 2.62. The monoisotopic (exact) mass is 260 g/mol. The fraction of sp³-hybridized carbons (Fsp3) is 0.385. The fourth-order valence-corrected chi connectivity index (χ4v) is 1.75. The SMILES string of the molecule is CCc1cc(CC)n(-c2ccnc(C(=O)OC)n2)n1. The highest BCUT2D eigenvalue weighted by atomic mass is 16.5. The van der Waals surface area contributed by atoms with Crippen LogP contribution in [0.15, 0.2) is 18.3 Å². The molecule has 0 amide bonds. The van der Waals surface area contributed by atoms with Crippen LogP contribution in [0.2, 0.25) is 0 Å². The van der Waals surface area contributed by atoms with Crippen molar-refractivity contribution in [3.8, 4) is 5.82 Å². The summed E-state index contributed by atoms with van der Waals surface area (Å²) in [5, 5.41) is 4.47. The van der Waals surface area contributed by atoms with Crippen LogP contribution in [0.4, 0.5) is 0 Å². The van der Waals surface area contributed by atoms with E-state index in [9.17, 15) is 4.79 Å². The van der Waals surface area contributed by atoms with Crippen molar-refractivity contribution >= 4 is 5.97 Å². The lowest BCUT2D eigenvalue weighted by atomic mass is 10.2. The highest BCUT2D eigenvalue weighted by Crippen LogP contribution is 2.12. The molecule has 0 bridgehead atoms. The van der Waals surface area contributed by atoms with Crippen molar-refractivity contribution in [2.75, 3.05) is 7.11 Å². The van der Waals surface area contributed by atoms with Gasteiger partial charge in [0.2, 0.25) is 5.82 Å². The lowest BCUT2D eigenvalue weighted by Crippen LogP contribution is -2.11. The Morgan fingerprint density at radius 2 is 2.16 bits per heavy atom.